The lowest BCUT2D eigenvalue weighted by atomic mass is 9.79. The van der Waals surface area contributed by atoms with Gasteiger partial charge in [-0.1, -0.05) is 26.0 Å². The third kappa shape index (κ3) is 3.95. The third-order valence-corrected chi connectivity index (χ3v) is 6.95. The molecule has 9 heteroatoms. The van der Waals surface area contributed by atoms with E-state index in [2.05, 4.69) is 0 Å². The Morgan fingerprint density at radius 1 is 1.13 bits per heavy atom. The van der Waals surface area contributed by atoms with Gasteiger partial charge in [0.25, 0.3) is 5.92 Å². The first-order valence-electron chi connectivity index (χ1n) is 10.7. The fraction of sp³-hybridized carbons (Fsp3) is 0.682. The van der Waals surface area contributed by atoms with Crippen molar-refractivity contribution < 1.29 is 31.5 Å². The maximum atomic E-state index is 14.9. The van der Waals surface area contributed by atoms with Crippen molar-refractivity contribution >= 4 is 5.91 Å². The molecule has 3 aliphatic heterocycles. The van der Waals surface area contributed by atoms with E-state index in [0.717, 1.165) is 12.1 Å². The minimum atomic E-state index is -4.56. The molecular weight excluding hydrogens is 419 g/mol. The molecule has 0 aromatic heterocycles. The van der Waals surface area contributed by atoms with Gasteiger partial charge in [0.05, 0.1) is 24.8 Å². The van der Waals surface area contributed by atoms with Gasteiger partial charge in [-0.05, 0) is 24.5 Å². The number of likely N-dealkylation sites (tertiary alicyclic amines) is 1. The summed E-state index contributed by atoms with van der Waals surface area (Å²) >= 11 is 0. The summed E-state index contributed by atoms with van der Waals surface area (Å²) in [6.45, 7) is 4.67. The Hall–Kier alpha value is -1.74. The van der Waals surface area contributed by atoms with E-state index in [0.29, 0.717) is 51.1 Å². The molecule has 3 atom stereocenters. The van der Waals surface area contributed by atoms with E-state index < -0.39 is 35.5 Å². The molecule has 3 heterocycles. The van der Waals surface area contributed by atoms with Gasteiger partial charge in [0.15, 0.2) is 0 Å². The number of hydrogen-bond donors (Lipinski definition) is 0. The Morgan fingerprint density at radius 2 is 1.77 bits per heavy atom. The largest absolute Gasteiger partial charge is 0.416 e. The quantitative estimate of drug-likeness (QED) is 0.639. The number of rotatable bonds is 4. The van der Waals surface area contributed by atoms with Gasteiger partial charge in [-0.25, -0.2) is 0 Å². The highest BCUT2D eigenvalue weighted by atomic mass is 19.4. The maximum absolute atomic E-state index is 14.9. The van der Waals surface area contributed by atoms with E-state index in [-0.39, 0.29) is 23.8 Å². The summed E-state index contributed by atoms with van der Waals surface area (Å²) < 4.78 is 74.1. The molecule has 4 rings (SSSR count). The number of nitrogens with zero attached hydrogens (tertiary/aromatic N) is 2. The molecule has 0 bridgehead atoms. The highest BCUT2D eigenvalue weighted by Gasteiger charge is 2.59. The zero-order valence-corrected chi connectivity index (χ0v) is 17.6. The molecular formula is C22H27F5N2O2. The van der Waals surface area contributed by atoms with Crippen molar-refractivity contribution in [1.29, 1.82) is 0 Å². The van der Waals surface area contributed by atoms with Crippen LogP contribution in [0.5, 0.6) is 0 Å². The van der Waals surface area contributed by atoms with Crippen LogP contribution in [-0.2, 0) is 21.6 Å². The molecule has 0 N–H and O–H groups in total. The van der Waals surface area contributed by atoms with Crippen LogP contribution in [0.4, 0.5) is 22.0 Å². The molecule has 172 valence electrons. The summed E-state index contributed by atoms with van der Waals surface area (Å²) in [5.74, 6) is -3.04. The first kappa shape index (κ1) is 22.5. The Labute approximate surface area is 178 Å². The lowest BCUT2D eigenvalue weighted by Gasteiger charge is -2.53. The van der Waals surface area contributed by atoms with Gasteiger partial charge in [0.2, 0.25) is 5.91 Å². The van der Waals surface area contributed by atoms with Gasteiger partial charge in [-0.15, -0.1) is 0 Å². The summed E-state index contributed by atoms with van der Waals surface area (Å²) in [5.41, 5.74) is -2.10. The van der Waals surface area contributed by atoms with Crippen molar-refractivity contribution in [3.8, 4) is 0 Å². The van der Waals surface area contributed by atoms with Crippen molar-refractivity contribution in [1.82, 2.24) is 9.80 Å². The van der Waals surface area contributed by atoms with Crippen LogP contribution in [0.15, 0.2) is 24.3 Å². The number of piperidine rings is 2. The third-order valence-electron chi connectivity index (χ3n) is 6.95. The van der Waals surface area contributed by atoms with E-state index in [1.54, 1.807) is 4.90 Å². The highest BCUT2D eigenvalue weighted by molar-refractivity contribution is 5.78. The van der Waals surface area contributed by atoms with Crippen LogP contribution in [-0.4, -0.2) is 53.7 Å². The SMILES string of the molecule is CC(C)[C@H]1CO[C@]23CCN(CC(F)(F)c4ccc(C(F)(F)F)cc4)C[C@H]2CCC(=O)N13. The molecule has 0 aliphatic carbocycles. The lowest BCUT2D eigenvalue weighted by molar-refractivity contribution is -0.196. The first-order valence-corrected chi connectivity index (χ1v) is 10.7. The summed E-state index contributed by atoms with van der Waals surface area (Å²) in [7, 11) is 0. The van der Waals surface area contributed by atoms with Crippen molar-refractivity contribution in [3.63, 3.8) is 0 Å². The molecule has 0 saturated carbocycles. The average molecular weight is 446 g/mol. The Balaban J connectivity index is 1.47. The van der Waals surface area contributed by atoms with Gasteiger partial charge < -0.3 is 9.64 Å². The van der Waals surface area contributed by atoms with Crippen LogP contribution in [0, 0.1) is 11.8 Å². The predicted octanol–water partition coefficient (Wildman–Crippen LogP) is 4.49. The van der Waals surface area contributed by atoms with Crippen LogP contribution in [0.1, 0.15) is 44.2 Å². The number of carbonyl (C=O) groups is 1. The zero-order valence-electron chi connectivity index (χ0n) is 17.6. The summed E-state index contributed by atoms with van der Waals surface area (Å²) in [5, 5.41) is 0. The zero-order chi connectivity index (χ0) is 22.6. The smallest absolute Gasteiger partial charge is 0.353 e. The predicted molar refractivity (Wildman–Crippen MR) is 103 cm³/mol. The number of amides is 1. The van der Waals surface area contributed by atoms with E-state index >= 15 is 0 Å². The van der Waals surface area contributed by atoms with E-state index in [4.69, 9.17) is 4.74 Å². The molecule has 31 heavy (non-hydrogen) atoms. The highest BCUT2D eigenvalue weighted by Crippen LogP contribution is 2.48. The van der Waals surface area contributed by atoms with Crippen LogP contribution >= 0.6 is 0 Å². The van der Waals surface area contributed by atoms with E-state index in [9.17, 15) is 26.7 Å². The second-order valence-corrected chi connectivity index (χ2v) is 9.23. The number of alkyl halides is 5. The number of ether oxygens (including phenoxy) is 1. The van der Waals surface area contributed by atoms with E-state index in [1.165, 1.54) is 0 Å². The van der Waals surface area contributed by atoms with Crippen LogP contribution in [0.25, 0.3) is 0 Å². The van der Waals surface area contributed by atoms with Crippen LogP contribution in [0.2, 0.25) is 0 Å². The molecule has 3 fully saturated rings. The number of hydrogen-bond acceptors (Lipinski definition) is 3. The molecule has 1 aromatic rings. The second kappa shape index (κ2) is 7.69. The minimum absolute atomic E-state index is 0.00422. The van der Waals surface area contributed by atoms with Gasteiger partial charge in [-0.2, -0.15) is 22.0 Å². The van der Waals surface area contributed by atoms with Crippen molar-refractivity contribution in [3.05, 3.63) is 35.4 Å². The van der Waals surface area contributed by atoms with Crippen molar-refractivity contribution in [2.24, 2.45) is 11.8 Å². The fourth-order valence-electron chi connectivity index (χ4n) is 5.27. The molecule has 3 aliphatic rings. The lowest BCUT2D eigenvalue weighted by Crippen LogP contribution is -2.65. The molecule has 0 radical (unpaired) electrons. The molecule has 4 nitrogen and oxygen atoms in total. The molecule has 1 spiro atoms. The van der Waals surface area contributed by atoms with Gasteiger partial charge in [0.1, 0.15) is 5.72 Å². The number of carbonyl (C=O) groups excluding carboxylic acids is 1. The van der Waals surface area contributed by atoms with Gasteiger partial charge in [0, 0.05) is 37.4 Å². The van der Waals surface area contributed by atoms with Crippen molar-refractivity contribution in [2.45, 2.75) is 57.0 Å². The monoisotopic (exact) mass is 446 g/mol. The summed E-state index contributed by atoms with van der Waals surface area (Å²) in [6, 6.07) is 3.08. The van der Waals surface area contributed by atoms with Gasteiger partial charge in [-0.3, -0.25) is 9.69 Å². The Bertz CT molecular complexity index is 826. The summed E-state index contributed by atoms with van der Waals surface area (Å²) in [4.78, 5) is 16.2. The Kier molecular flexibility index (Phi) is 5.57. The van der Waals surface area contributed by atoms with E-state index in [1.807, 2.05) is 18.7 Å². The fourth-order valence-corrected chi connectivity index (χ4v) is 5.27. The van der Waals surface area contributed by atoms with Gasteiger partial charge >= 0.3 is 6.18 Å². The molecule has 0 unspecified atom stereocenters. The topological polar surface area (TPSA) is 32.8 Å². The Morgan fingerprint density at radius 3 is 2.39 bits per heavy atom. The standard InChI is InChI=1S/C22H27F5N2O2/c1-14(2)18-12-31-21-9-10-28(11-17(21)7-8-19(30)29(18)21)13-20(23,24)15-3-5-16(6-4-15)22(25,26)27/h3-6,14,17-18H,7-13H2,1-2H3/t17-,18-,21-/m1/s1. The first-order chi connectivity index (χ1) is 14.4. The van der Waals surface area contributed by atoms with Crippen LogP contribution < -0.4 is 0 Å². The molecule has 1 amide bonds. The maximum Gasteiger partial charge on any atom is 0.416 e. The van der Waals surface area contributed by atoms with Crippen molar-refractivity contribution in [2.75, 3.05) is 26.2 Å². The second-order valence-electron chi connectivity index (χ2n) is 9.23. The minimum Gasteiger partial charge on any atom is -0.353 e. The molecule has 3 saturated heterocycles. The summed E-state index contributed by atoms with van der Waals surface area (Å²) in [6.07, 6.45) is -3.14. The molecule has 1 aromatic carbocycles. The number of benzene rings is 1. The average Bonchev–Trinajstić information content (AvgIpc) is 3.09. The normalized spacial score (nSPS) is 29.9. The number of halogens is 5. The van der Waals surface area contributed by atoms with Crippen LogP contribution in [0.3, 0.4) is 0 Å².